The molecule has 1 aliphatic rings. The highest BCUT2D eigenvalue weighted by Gasteiger charge is 2.23. The SMILES string of the molecule is COc1ccc(OC)c(CC(=O)NCC2CCN(c3ccccc3)C2)c1. The maximum absolute atomic E-state index is 12.4. The van der Waals surface area contributed by atoms with Crippen LogP contribution in [-0.4, -0.2) is 39.8 Å². The number of anilines is 1. The van der Waals surface area contributed by atoms with Gasteiger partial charge in [-0.2, -0.15) is 0 Å². The lowest BCUT2D eigenvalue weighted by Crippen LogP contribution is -2.32. The lowest BCUT2D eigenvalue weighted by Gasteiger charge is -2.18. The van der Waals surface area contributed by atoms with Crippen molar-refractivity contribution in [2.75, 3.05) is 38.8 Å². The van der Waals surface area contributed by atoms with Crippen molar-refractivity contribution in [2.45, 2.75) is 12.8 Å². The number of amides is 1. The Bertz CT molecular complexity index is 733. The molecule has 2 aromatic rings. The van der Waals surface area contributed by atoms with E-state index in [0.29, 0.717) is 18.2 Å². The second-order valence-corrected chi connectivity index (χ2v) is 6.59. The van der Waals surface area contributed by atoms with Gasteiger partial charge in [0.05, 0.1) is 20.6 Å². The zero-order valence-corrected chi connectivity index (χ0v) is 15.4. The van der Waals surface area contributed by atoms with Crippen LogP contribution in [0.2, 0.25) is 0 Å². The van der Waals surface area contributed by atoms with Gasteiger partial charge in [-0.3, -0.25) is 4.79 Å². The molecule has 0 radical (unpaired) electrons. The fourth-order valence-corrected chi connectivity index (χ4v) is 3.39. The highest BCUT2D eigenvalue weighted by atomic mass is 16.5. The first-order valence-corrected chi connectivity index (χ1v) is 8.97. The molecule has 1 saturated heterocycles. The molecule has 1 N–H and O–H groups in total. The zero-order valence-electron chi connectivity index (χ0n) is 15.4. The Labute approximate surface area is 154 Å². The minimum atomic E-state index is 0.00899. The van der Waals surface area contributed by atoms with Crippen molar-refractivity contribution in [3.8, 4) is 11.5 Å². The fraction of sp³-hybridized carbons (Fsp3) is 0.381. The summed E-state index contributed by atoms with van der Waals surface area (Å²) in [6, 6.07) is 15.9. The topological polar surface area (TPSA) is 50.8 Å². The maximum Gasteiger partial charge on any atom is 0.224 e. The van der Waals surface area contributed by atoms with Crippen molar-refractivity contribution in [1.29, 1.82) is 0 Å². The van der Waals surface area contributed by atoms with Crippen LogP contribution in [0.3, 0.4) is 0 Å². The summed E-state index contributed by atoms with van der Waals surface area (Å²) in [5, 5.41) is 3.07. The lowest BCUT2D eigenvalue weighted by molar-refractivity contribution is -0.120. The number of para-hydroxylation sites is 1. The van der Waals surface area contributed by atoms with Gasteiger partial charge in [0.25, 0.3) is 0 Å². The Kier molecular flexibility index (Phi) is 6.00. The molecule has 2 aromatic carbocycles. The van der Waals surface area contributed by atoms with Crippen molar-refractivity contribution >= 4 is 11.6 Å². The summed E-state index contributed by atoms with van der Waals surface area (Å²) in [4.78, 5) is 14.7. The number of methoxy groups -OCH3 is 2. The van der Waals surface area contributed by atoms with E-state index in [4.69, 9.17) is 9.47 Å². The van der Waals surface area contributed by atoms with Crippen LogP contribution in [0.25, 0.3) is 0 Å². The van der Waals surface area contributed by atoms with Gasteiger partial charge in [0.2, 0.25) is 5.91 Å². The molecular formula is C21H26N2O3. The molecule has 1 aliphatic heterocycles. The molecule has 0 spiro atoms. The number of nitrogens with one attached hydrogen (secondary N) is 1. The molecule has 1 amide bonds. The number of benzene rings is 2. The van der Waals surface area contributed by atoms with Gasteiger partial charge in [-0.15, -0.1) is 0 Å². The molecule has 0 saturated carbocycles. The summed E-state index contributed by atoms with van der Waals surface area (Å²) in [6.45, 7) is 2.72. The Morgan fingerprint density at radius 3 is 2.69 bits per heavy atom. The Hall–Kier alpha value is -2.69. The van der Waals surface area contributed by atoms with E-state index in [1.807, 2.05) is 24.3 Å². The van der Waals surface area contributed by atoms with Crippen molar-refractivity contribution in [3.63, 3.8) is 0 Å². The predicted molar refractivity (Wildman–Crippen MR) is 103 cm³/mol. The molecule has 0 aromatic heterocycles. The van der Waals surface area contributed by atoms with E-state index in [9.17, 15) is 4.79 Å². The molecule has 138 valence electrons. The number of hydrogen-bond donors (Lipinski definition) is 1. The molecule has 0 aliphatic carbocycles. The third-order valence-electron chi connectivity index (χ3n) is 4.83. The van der Waals surface area contributed by atoms with E-state index in [0.717, 1.165) is 30.8 Å². The third kappa shape index (κ3) is 4.48. The van der Waals surface area contributed by atoms with Gasteiger partial charge in [-0.25, -0.2) is 0 Å². The normalized spacial score (nSPS) is 16.4. The molecule has 1 heterocycles. The standard InChI is InChI=1S/C21H26N2O3/c1-25-19-8-9-20(26-2)17(12-19)13-21(24)22-14-16-10-11-23(15-16)18-6-4-3-5-7-18/h3-9,12,16H,10-11,13-15H2,1-2H3,(H,22,24). The smallest absolute Gasteiger partial charge is 0.224 e. The summed E-state index contributed by atoms with van der Waals surface area (Å²) < 4.78 is 10.6. The van der Waals surface area contributed by atoms with Crippen molar-refractivity contribution < 1.29 is 14.3 Å². The molecule has 1 fully saturated rings. The monoisotopic (exact) mass is 354 g/mol. The second-order valence-electron chi connectivity index (χ2n) is 6.59. The average molecular weight is 354 g/mol. The summed E-state index contributed by atoms with van der Waals surface area (Å²) in [5.74, 6) is 1.92. The summed E-state index contributed by atoms with van der Waals surface area (Å²) in [7, 11) is 3.23. The molecule has 0 bridgehead atoms. The van der Waals surface area contributed by atoms with E-state index < -0.39 is 0 Å². The second kappa shape index (κ2) is 8.61. The number of carbonyl (C=O) groups excluding carboxylic acids is 1. The van der Waals surface area contributed by atoms with E-state index in [-0.39, 0.29) is 12.3 Å². The van der Waals surface area contributed by atoms with E-state index in [1.54, 1.807) is 14.2 Å². The number of hydrogen-bond acceptors (Lipinski definition) is 4. The summed E-state index contributed by atoms with van der Waals surface area (Å²) in [6.07, 6.45) is 1.38. The van der Waals surface area contributed by atoms with Crippen LogP contribution in [0.1, 0.15) is 12.0 Å². The number of ether oxygens (including phenoxy) is 2. The van der Waals surface area contributed by atoms with Crippen LogP contribution in [0.15, 0.2) is 48.5 Å². The molecule has 1 atom stereocenters. The first-order valence-electron chi connectivity index (χ1n) is 8.97. The van der Waals surface area contributed by atoms with Crippen molar-refractivity contribution in [3.05, 3.63) is 54.1 Å². The summed E-state index contributed by atoms with van der Waals surface area (Å²) >= 11 is 0. The number of carbonyl (C=O) groups is 1. The molecule has 1 unspecified atom stereocenters. The zero-order chi connectivity index (χ0) is 18.4. The molecule has 3 rings (SSSR count). The molecule has 5 nitrogen and oxygen atoms in total. The van der Waals surface area contributed by atoms with Gasteiger partial charge < -0.3 is 19.7 Å². The van der Waals surface area contributed by atoms with E-state index in [1.165, 1.54) is 5.69 Å². The lowest BCUT2D eigenvalue weighted by atomic mass is 10.1. The number of nitrogens with zero attached hydrogens (tertiary/aromatic N) is 1. The van der Waals surface area contributed by atoms with Crippen LogP contribution in [0.5, 0.6) is 11.5 Å². The Morgan fingerprint density at radius 1 is 1.15 bits per heavy atom. The highest BCUT2D eigenvalue weighted by Crippen LogP contribution is 2.25. The Morgan fingerprint density at radius 2 is 1.96 bits per heavy atom. The molecule has 5 heteroatoms. The first kappa shape index (κ1) is 18.1. The van der Waals surface area contributed by atoms with Gasteiger partial charge in [0.1, 0.15) is 11.5 Å². The fourth-order valence-electron chi connectivity index (χ4n) is 3.39. The molecule has 26 heavy (non-hydrogen) atoms. The van der Waals surface area contributed by atoms with Gasteiger partial charge in [0, 0.05) is 30.9 Å². The van der Waals surface area contributed by atoms with Crippen LogP contribution < -0.4 is 19.7 Å². The van der Waals surface area contributed by atoms with Crippen LogP contribution >= 0.6 is 0 Å². The quantitative estimate of drug-likeness (QED) is 0.831. The summed E-state index contributed by atoms with van der Waals surface area (Å²) in [5.41, 5.74) is 2.09. The third-order valence-corrected chi connectivity index (χ3v) is 4.83. The van der Waals surface area contributed by atoms with Gasteiger partial charge in [-0.1, -0.05) is 18.2 Å². The van der Waals surface area contributed by atoms with Crippen LogP contribution in [0, 0.1) is 5.92 Å². The van der Waals surface area contributed by atoms with Gasteiger partial charge in [-0.05, 0) is 42.7 Å². The van der Waals surface area contributed by atoms with Gasteiger partial charge in [0.15, 0.2) is 0 Å². The molecular weight excluding hydrogens is 328 g/mol. The number of rotatable bonds is 7. The van der Waals surface area contributed by atoms with Crippen molar-refractivity contribution in [1.82, 2.24) is 5.32 Å². The Balaban J connectivity index is 1.51. The largest absolute Gasteiger partial charge is 0.497 e. The highest BCUT2D eigenvalue weighted by molar-refractivity contribution is 5.79. The van der Waals surface area contributed by atoms with Crippen LogP contribution in [0.4, 0.5) is 5.69 Å². The first-order chi connectivity index (χ1) is 12.7. The average Bonchev–Trinajstić information content (AvgIpc) is 3.16. The van der Waals surface area contributed by atoms with Crippen LogP contribution in [-0.2, 0) is 11.2 Å². The van der Waals surface area contributed by atoms with E-state index in [2.05, 4.69) is 34.5 Å². The van der Waals surface area contributed by atoms with E-state index >= 15 is 0 Å². The minimum Gasteiger partial charge on any atom is -0.497 e. The minimum absolute atomic E-state index is 0.00899. The van der Waals surface area contributed by atoms with Gasteiger partial charge >= 0.3 is 0 Å². The van der Waals surface area contributed by atoms with Crippen molar-refractivity contribution in [2.24, 2.45) is 5.92 Å². The maximum atomic E-state index is 12.4. The predicted octanol–water partition coefficient (Wildman–Crippen LogP) is 2.89.